The number of rotatable bonds is 4. The van der Waals surface area contributed by atoms with Gasteiger partial charge in [0, 0.05) is 12.5 Å². The van der Waals surface area contributed by atoms with Crippen LogP contribution >= 0.6 is 0 Å². The molecule has 160 valence electrons. The van der Waals surface area contributed by atoms with Gasteiger partial charge in [0.15, 0.2) is 0 Å². The third kappa shape index (κ3) is 4.16. The van der Waals surface area contributed by atoms with Crippen LogP contribution in [0, 0.1) is 17.6 Å². The molecule has 0 fully saturated rings. The predicted octanol–water partition coefficient (Wildman–Crippen LogP) is 3.16. The van der Waals surface area contributed by atoms with Crippen molar-refractivity contribution in [1.82, 2.24) is 20.5 Å². The van der Waals surface area contributed by atoms with E-state index < -0.39 is 41.3 Å². The van der Waals surface area contributed by atoms with Gasteiger partial charge in [0.1, 0.15) is 23.5 Å². The smallest absolute Gasteiger partial charge is 0.291 e. The molecule has 2 amide bonds. The number of carbonyl (C=O) groups excluding carboxylic acids is 2. The Morgan fingerprint density at radius 2 is 1.90 bits per heavy atom. The van der Waals surface area contributed by atoms with Crippen LogP contribution in [0.15, 0.2) is 42.5 Å². The number of halogens is 2. The number of aromatic nitrogens is 3. The van der Waals surface area contributed by atoms with Crippen molar-refractivity contribution in [2.75, 3.05) is 5.32 Å². The van der Waals surface area contributed by atoms with E-state index in [0.717, 1.165) is 11.6 Å². The number of hydrogen-bond acceptors (Lipinski definition) is 4. The van der Waals surface area contributed by atoms with Gasteiger partial charge < -0.3 is 10.6 Å². The van der Waals surface area contributed by atoms with Gasteiger partial charge in [-0.25, -0.2) is 13.8 Å². The molecule has 1 aromatic heterocycles. The summed E-state index contributed by atoms with van der Waals surface area (Å²) in [5, 5.41) is 11.8. The summed E-state index contributed by atoms with van der Waals surface area (Å²) in [5.41, 5.74) is 1.28. The molecule has 3 aromatic rings. The van der Waals surface area contributed by atoms with Gasteiger partial charge in [-0.15, -0.1) is 5.10 Å². The molecule has 0 unspecified atom stereocenters. The number of fused-ring (bicyclic) bond motifs is 1. The summed E-state index contributed by atoms with van der Waals surface area (Å²) in [5.74, 6) is -3.22. The van der Waals surface area contributed by atoms with Gasteiger partial charge in [-0.1, -0.05) is 44.2 Å². The fraction of sp³-hybridized carbons (Fsp3) is 0.273. The quantitative estimate of drug-likeness (QED) is 0.598. The number of nitrogens with one attached hydrogen (secondary N) is 3. The number of H-pyrrole nitrogens is 1. The number of benzene rings is 2. The molecule has 0 spiro atoms. The van der Waals surface area contributed by atoms with Crippen LogP contribution in [-0.4, -0.2) is 33.0 Å². The molecule has 0 radical (unpaired) electrons. The summed E-state index contributed by atoms with van der Waals surface area (Å²) in [7, 11) is 0. The van der Waals surface area contributed by atoms with Gasteiger partial charge in [-0.3, -0.25) is 14.7 Å². The van der Waals surface area contributed by atoms with Gasteiger partial charge in [0.25, 0.3) is 5.91 Å². The second-order valence-electron chi connectivity index (χ2n) is 7.71. The maximum absolute atomic E-state index is 14.3. The van der Waals surface area contributed by atoms with Crippen LogP contribution < -0.4 is 10.6 Å². The fourth-order valence-corrected chi connectivity index (χ4v) is 3.76. The zero-order valence-electron chi connectivity index (χ0n) is 16.9. The molecule has 1 aliphatic rings. The summed E-state index contributed by atoms with van der Waals surface area (Å²) >= 11 is 0. The minimum absolute atomic E-state index is 0.0643. The third-order valence-corrected chi connectivity index (χ3v) is 5.66. The maximum Gasteiger partial charge on any atom is 0.291 e. The monoisotopic (exact) mass is 425 g/mol. The highest BCUT2D eigenvalue weighted by Crippen LogP contribution is 2.37. The molecule has 0 bridgehead atoms. The highest BCUT2D eigenvalue weighted by atomic mass is 19.1. The Balaban J connectivity index is 1.52. The Morgan fingerprint density at radius 1 is 1.16 bits per heavy atom. The summed E-state index contributed by atoms with van der Waals surface area (Å²) in [6.07, 6.45) is 0.471. The molecular weight excluding hydrogens is 404 g/mol. The van der Waals surface area contributed by atoms with Gasteiger partial charge in [0.05, 0.1) is 5.69 Å². The van der Waals surface area contributed by atoms with E-state index in [2.05, 4.69) is 25.8 Å². The second kappa shape index (κ2) is 8.25. The average molecular weight is 425 g/mol. The molecule has 0 aliphatic carbocycles. The highest BCUT2D eigenvalue weighted by molar-refractivity contribution is 6.01. The Hall–Kier alpha value is -3.62. The Kier molecular flexibility index (Phi) is 5.50. The van der Waals surface area contributed by atoms with E-state index in [1.54, 1.807) is 13.8 Å². The number of nitrogens with zero attached hydrogens (tertiary/aromatic N) is 2. The van der Waals surface area contributed by atoms with Crippen molar-refractivity contribution < 1.29 is 18.4 Å². The second-order valence-corrected chi connectivity index (χ2v) is 7.71. The Labute approximate surface area is 177 Å². The van der Waals surface area contributed by atoms with E-state index >= 15 is 0 Å². The largest absolute Gasteiger partial charge is 0.337 e. The fourth-order valence-electron chi connectivity index (χ4n) is 3.76. The van der Waals surface area contributed by atoms with E-state index in [0.29, 0.717) is 17.8 Å². The van der Waals surface area contributed by atoms with Gasteiger partial charge in [-0.2, -0.15) is 0 Å². The first-order valence-electron chi connectivity index (χ1n) is 9.89. The van der Waals surface area contributed by atoms with Crippen molar-refractivity contribution in [3.63, 3.8) is 0 Å². The number of amides is 2. The minimum atomic E-state index is -0.978. The van der Waals surface area contributed by atoms with Crippen LogP contribution in [0.1, 0.15) is 47.3 Å². The predicted molar refractivity (Wildman–Crippen MR) is 109 cm³/mol. The number of hydrogen-bond donors (Lipinski definition) is 3. The lowest BCUT2D eigenvalue weighted by molar-refractivity contribution is -0.119. The molecular formula is C22H21F2N5O2. The molecule has 0 saturated heterocycles. The van der Waals surface area contributed by atoms with Crippen LogP contribution in [0.4, 0.5) is 14.5 Å². The SMILES string of the molecule is C[C@@H]1[C@H](C)c2cc(F)cc(F)c2NC(=O)[C@@H]1NC(=O)c1n[nH]c(Cc2ccccc2)n1. The Bertz CT molecular complexity index is 1130. The molecule has 0 saturated carbocycles. The van der Waals surface area contributed by atoms with Crippen molar-refractivity contribution in [1.29, 1.82) is 0 Å². The normalized spacial score (nSPS) is 20.5. The molecule has 7 nitrogen and oxygen atoms in total. The topological polar surface area (TPSA) is 99.8 Å². The van der Waals surface area contributed by atoms with Gasteiger partial charge in [0.2, 0.25) is 11.7 Å². The zero-order valence-corrected chi connectivity index (χ0v) is 16.9. The summed E-state index contributed by atoms with van der Waals surface area (Å²) in [6.45, 7) is 3.50. The first-order valence-corrected chi connectivity index (χ1v) is 9.89. The average Bonchev–Trinajstić information content (AvgIpc) is 3.18. The lowest BCUT2D eigenvalue weighted by Crippen LogP contribution is -2.48. The van der Waals surface area contributed by atoms with E-state index in [-0.39, 0.29) is 11.5 Å². The number of aromatic amines is 1. The van der Waals surface area contributed by atoms with E-state index in [1.165, 1.54) is 6.07 Å². The molecule has 2 aromatic carbocycles. The third-order valence-electron chi connectivity index (χ3n) is 5.66. The van der Waals surface area contributed by atoms with E-state index in [9.17, 15) is 18.4 Å². The van der Waals surface area contributed by atoms with E-state index in [1.807, 2.05) is 30.3 Å². The summed E-state index contributed by atoms with van der Waals surface area (Å²) < 4.78 is 28.0. The van der Waals surface area contributed by atoms with Crippen molar-refractivity contribution >= 4 is 17.5 Å². The van der Waals surface area contributed by atoms with Crippen LogP contribution in [-0.2, 0) is 11.2 Å². The van der Waals surface area contributed by atoms with Gasteiger partial charge >= 0.3 is 0 Å². The lowest BCUT2D eigenvalue weighted by Gasteiger charge is -2.25. The molecule has 2 heterocycles. The zero-order chi connectivity index (χ0) is 22.1. The molecule has 1 aliphatic heterocycles. The maximum atomic E-state index is 14.3. The molecule has 3 N–H and O–H groups in total. The van der Waals surface area contributed by atoms with Crippen LogP contribution in [0.5, 0.6) is 0 Å². The van der Waals surface area contributed by atoms with Crippen LogP contribution in [0.25, 0.3) is 0 Å². The first kappa shape index (κ1) is 20.6. The Morgan fingerprint density at radius 3 is 2.65 bits per heavy atom. The molecule has 31 heavy (non-hydrogen) atoms. The molecule has 3 atom stereocenters. The van der Waals surface area contributed by atoms with Crippen molar-refractivity contribution in [2.24, 2.45) is 5.92 Å². The van der Waals surface area contributed by atoms with Crippen molar-refractivity contribution in [3.8, 4) is 0 Å². The van der Waals surface area contributed by atoms with Crippen LogP contribution in [0.3, 0.4) is 0 Å². The highest BCUT2D eigenvalue weighted by Gasteiger charge is 2.37. The summed E-state index contributed by atoms with van der Waals surface area (Å²) in [4.78, 5) is 29.7. The number of carbonyl (C=O) groups is 2. The van der Waals surface area contributed by atoms with Crippen molar-refractivity contribution in [3.05, 3.63) is 76.9 Å². The van der Waals surface area contributed by atoms with Crippen molar-refractivity contribution in [2.45, 2.75) is 32.2 Å². The molecule has 4 rings (SSSR count). The lowest BCUT2D eigenvalue weighted by atomic mass is 9.84. The number of anilines is 1. The standard InChI is InChI=1S/C22H21F2N5O2/c1-11-12(2)18(21(30)27-19-15(11)9-14(23)10-16(19)24)26-22(31)20-25-17(28-29-20)8-13-6-4-3-5-7-13/h3-7,9-12,18H,8H2,1-2H3,(H,26,31)(H,27,30)(H,25,28,29)/t11-,12+,18+/m0/s1. The summed E-state index contributed by atoms with van der Waals surface area (Å²) in [6, 6.07) is 10.5. The van der Waals surface area contributed by atoms with Gasteiger partial charge in [-0.05, 0) is 29.0 Å². The van der Waals surface area contributed by atoms with E-state index in [4.69, 9.17) is 0 Å². The first-order chi connectivity index (χ1) is 14.8. The molecule has 9 heteroatoms. The van der Waals surface area contributed by atoms with Crippen LogP contribution in [0.2, 0.25) is 0 Å². The minimum Gasteiger partial charge on any atom is -0.337 e.